The van der Waals surface area contributed by atoms with Crippen molar-refractivity contribution in [3.05, 3.63) is 0 Å². The van der Waals surface area contributed by atoms with Crippen LogP contribution in [0.1, 0.15) is 153 Å². The number of rotatable bonds is 8. The molecule has 55 heavy (non-hydrogen) atoms. The fraction of sp³-hybridized carbons (Fsp3) is 0.957. The van der Waals surface area contributed by atoms with E-state index in [-0.39, 0.29) is 62.2 Å². The Balaban J connectivity index is 1.02. The smallest absolute Gasteiger partial charge is 0.309 e. The maximum absolute atomic E-state index is 13.7. The zero-order chi connectivity index (χ0) is 40.0. The van der Waals surface area contributed by atoms with Gasteiger partial charge in [0.1, 0.15) is 6.10 Å². The number of fused-ring (bicyclic) bond motifs is 7. The molecule has 12 atom stereocenters. The van der Waals surface area contributed by atoms with Gasteiger partial charge in [-0.15, -0.1) is 0 Å². The van der Waals surface area contributed by atoms with Gasteiger partial charge in [0.2, 0.25) is 0 Å². The predicted molar refractivity (Wildman–Crippen MR) is 217 cm³/mol. The summed E-state index contributed by atoms with van der Waals surface area (Å²) < 4.78 is 31.1. The van der Waals surface area contributed by atoms with E-state index in [1.54, 1.807) is 0 Å². The fourth-order valence-corrected chi connectivity index (χ4v) is 17.4. The minimum atomic E-state index is -2.91. The maximum Gasteiger partial charge on any atom is 0.309 e. The highest BCUT2D eigenvalue weighted by Gasteiger charge is 2.72. The maximum atomic E-state index is 13.7. The molecular formula is C46H76N2O6S. The molecule has 1 aliphatic heterocycles. The average Bonchev–Trinajstić information content (AvgIpc) is 3.70. The minimum absolute atomic E-state index is 0.0941. The van der Waals surface area contributed by atoms with Crippen molar-refractivity contribution in [1.29, 1.82) is 0 Å². The van der Waals surface area contributed by atoms with E-state index in [0.717, 1.165) is 25.3 Å². The number of nitrogens with one attached hydrogen (secondary N) is 1. The number of hydrogen-bond acceptors (Lipinski definition) is 7. The van der Waals surface area contributed by atoms with E-state index in [1.165, 1.54) is 64.2 Å². The van der Waals surface area contributed by atoms with E-state index in [1.807, 2.05) is 13.8 Å². The lowest BCUT2D eigenvalue weighted by Gasteiger charge is -2.73. The van der Waals surface area contributed by atoms with Gasteiger partial charge in [-0.1, -0.05) is 55.4 Å². The number of esters is 1. The van der Waals surface area contributed by atoms with Gasteiger partial charge in [-0.2, -0.15) is 0 Å². The molecule has 2 N–H and O–H groups in total. The lowest BCUT2D eigenvalue weighted by atomic mass is 9.32. The van der Waals surface area contributed by atoms with Crippen LogP contribution in [0.15, 0.2) is 0 Å². The highest BCUT2D eigenvalue weighted by Crippen LogP contribution is 2.78. The van der Waals surface area contributed by atoms with E-state index in [9.17, 15) is 23.1 Å². The van der Waals surface area contributed by atoms with E-state index in [0.29, 0.717) is 48.6 Å². The molecule has 8 fully saturated rings. The molecule has 9 heteroatoms. The monoisotopic (exact) mass is 785 g/mol. The summed E-state index contributed by atoms with van der Waals surface area (Å²) >= 11 is 0. The summed E-state index contributed by atoms with van der Waals surface area (Å²) in [5.74, 6) is 2.02. The van der Waals surface area contributed by atoms with Gasteiger partial charge >= 0.3 is 11.9 Å². The highest BCUT2D eigenvalue weighted by atomic mass is 32.2. The first-order valence-electron chi connectivity index (χ1n) is 22.5. The molecule has 8 rings (SSSR count). The molecule has 0 aromatic heterocycles. The van der Waals surface area contributed by atoms with Crippen molar-refractivity contribution in [1.82, 2.24) is 10.2 Å². The molecule has 1 saturated heterocycles. The number of carbonyl (C=O) groups is 2. The second-order valence-corrected chi connectivity index (χ2v) is 26.0. The Kier molecular flexibility index (Phi) is 9.34. The summed E-state index contributed by atoms with van der Waals surface area (Å²) in [7, 11) is -2.91. The quantitative estimate of drug-likeness (QED) is 0.236. The highest BCUT2D eigenvalue weighted by molar-refractivity contribution is 7.91. The van der Waals surface area contributed by atoms with Crippen LogP contribution in [0.4, 0.5) is 0 Å². The number of ether oxygens (including phenoxy) is 1. The Morgan fingerprint density at radius 3 is 2.04 bits per heavy atom. The summed E-state index contributed by atoms with van der Waals surface area (Å²) in [5.41, 5.74) is 0.543. The molecular weight excluding hydrogens is 709 g/mol. The van der Waals surface area contributed by atoms with Gasteiger partial charge in [-0.3, -0.25) is 14.5 Å². The molecule has 7 aliphatic carbocycles. The Morgan fingerprint density at radius 2 is 1.42 bits per heavy atom. The number of carbonyl (C=O) groups excluding carboxylic acids is 1. The van der Waals surface area contributed by atoms with Gasteiger partial charge in [0.25, 0.3) is 0 Å². The molecule has 7 saturated carbocycles. The summed E-state index contributed by atoms with van der Waals surface area (Å²) in [4.78, 5) is 27.9. The van der Waals surface area contributed by atoms with Crippen LogP contribution in [0, 0.1) is 73.9 Å². The second-order valence-electron chi connectivity index (χ2n) is 23.7. The molecule has 0 aromatic rings. The third kappa shape index (κ3) is 5.92. The lowest BCUT2D eigenvalue weighted by Crippen LogP contribution is -2.70. The number of hydrogen-bond donors (Lipinski definition) is 2. The van der Waals surface area contributed by atoms with Crippen LogP contribution < -0.4 is 5.32 Å². The molecule has 8 nitrogen and oxygen atoms in total. The van der Waals surface area contributed by atoms with E-state index in [4.69, 9.17) is 4.74 Å². The first kappa shape index (κ1) is 40.6. The van der Waals surface area contributed by atoms with Gasteiger partial charge in [-0.25, -0.2) is 8.42 Å². The van der Waals surface area contributed by atoms with Gasteiger partial charge in [0.15, 0.2) is 9.84 Å². The van der Waals surface area contributed by atoms with Crippen LogP contribution >= 0.6 is 0 Å². The Labute approximate surface area is 333 Å². The van der Waals surface area contributed by atoms with E-state index >= 15 is 0 Å². The number of carboxylic acids is 1. The summed E-state index contributed by atoms with van der Waals surface area (Å²) in [6.45, 7) is 26.1. The standard InChI is InChI=1S/C46H76N2O6S/c1-39(2,48-23-25-55(52,53)26-24-48)28-47-46-18-13-29(42(7)19-20-42)36(46)30-11-12-34-43(8)16-15-35(54-38(51)32-27-31(37(49)50)40(32,3)4)41(5,6)33(43)14-17-45(34,10)44(30,9)21-22-46/h29-36,47H,11-28H2,1-10H3,(H,49,50)/t29?,30-,31+,32-,33+,34-,35+,36-,43+,44-,45-,46+/m1/s1. The molecule has 0 spiro atoms. The van der Waals surface area contributed by atoms with E-state index < -0.39 is 27.1 Å². The number of nitrogens with zero attached hydrogens (tertiary/aromatic N) is 1. The van der Waals surface area contributed by atoms with Gasteiger partial charge in [0, 0.05) is 36.1 Å². The van der Waals surface area contributed by atoms with Gasteiger partial charge in [0.05, 0.1) is 23.3 Å². The first-order chi connectivity index (χ1) is 25.4. The first-order valence-corrected chi connectivity index (χ1v) is 24.3. The van der Waals surface area contributed by atoms with Crippen molar-refractivity contribution in [3.63, 3.8) is 0 Å². The normalized spacial score (nSPS) is 47.9. The third-order valence-corrected chi connectivity index (χ3v) is 22.1. The molecule has 0 bridgehead atoms. The molecule has 312 valence electrons. The van der Waals surface area contributed by atoms with Crippen LogP contribution in [-0.4, -0.2) is 78.7 Å². The molecule has 0 radical (unpaired) electrons. The van der Waals surface area contributed by atoms with Crippen molar-refractivity contribution in [2.45, 2.75) is 170 Å². The van der Waals surface area contributed by atoms with Crippen molar-refractivity contribution in [2.75, 3.05) is 31.1 Å². The Morgan fingerprint density at radius 1 is 0.745 bits per heavy atom. The van der Waals surface area contributed by atoms with Crippen LogP contribution in [0.25, 0.3) is 0 Å². The SMILES string of the molecule is CC1(C2CC[C@]3(NCC(C)(C)N4CCS(=O)(=O)CC4)CC[C@]4(C)[C@H](CC[C@@H]5[C@@]6(C)CC[C@H](OC(=O)[C@H]7C[C@@H](C(=O)O)C7(C)C)C(C)(C)[C@@H]6CC[C@]54C)[C@@H]23)CC1. The summed E-state index contributed by atoms with van der Waals surface area (Å²) in [6.07, 6.45) is 15.1. The van der Waals surface area contributed by atoms with Gasteiger partial charge in [-0.05, 0) is 154 Å². The number of carboxylic acid groups (broad SMARTS) is 1. The van der Waals surface area contributed by atoms with Crippen molar-refractivity contribution < 1.29 is 27.9 Å². The topological polar surface area (TPSA) is 113 Å². The predicted octanol–water partition coefficient (Wildman–Crippen LogP) is 8.38. The number of aliphatic carboxylic acids is 1. The average molecular weight is 785 g/mol. The minimum Gasteiger partial charge on any atom is -0.481 e. The van der Waals surface area contributed by atoms with Crippen LogP contribution in [0.5, 0.6) is 0 Å². The number of sulfone groups is 1. The molecule has 0 aromatic carbocycles. The summed E-state index contributed by atoms with van der Waals surface area (Å²) in [6, 6.07) is 0. The molecule has 1 unspecified atom stereocenters. The molecule has 1 heterocycles. The van der Waals surface area contributed by atoms with Crippen molar-refractivity contribution in [2.24, 2.45) is 73.9 Å². The zero-order valence-corrected chi connectivity index (χ0v) is 37.0. The third-order valence-electron chi connectivity index (χ3n) is 20.5. The van der Waals surface area contributed by atoms with Crippen molar-refractivity contribution >= 4 is 21.8 Å². The molecule has 8 aliphatic rings. The van der Waals surface area contributed by atoms with E-state index in [2.05, 4.69) is 65.6 Å². The zero-order valence-electron chi connectivity index (χ0n) is 36.2. The van der Waals surface area contributed by atoms with Crippen LogP contribution in [0.2, 0.25) is 0 Å². The Bertz CT molecular complexity index is 1670. The largest absolute Gasteiger partial charge is 0.481 e. The Hall–Kier alpha value is -1.19. The molecule has 0 amide bonds. The van der Waals surface area contributed by atoms with Crippen molar-refractivity contribution in [3.8, 4) is 0 Å². The summed E-state index contributed by atoms with van der Waals surface area (Å²) in [5, 5.41) is 14.1. The van der Waals surface area contributed by atoms with Crippen LogP contribution in [-0.2, 0) is 24.2 Å². The van der Waals surface area contributed by atoms with Gasteiger partial charge < -0.3 is 15.2 Å². The van der Waals surface area contributed by atoms with Crippen LogP contribution in [0.3, 0.4) is 0 Å². The second kappa shape index (κ2) is 12.7. The lowest BCUT2D eigenvalue weighted by molar-refractivity contribution is -0.250. The fourth-order valence-electron chi connectivity index (χ4n) is 16.2.